The van der Waals surface area contributed by atoms with E-state index in [9.17, 15) is 39.0 Å². The van der Waals surface area contributed by atoms with Crippen LogP contribution in [0.5, 0.6) is 5.75 Å². The largest absolute Gasteiger partial charge is 0.508 e. The highest BCUT2D eigenvalue weighted by molar-refractivity contribution is 5.91. The predicted octanol–water partition coefficient (Wildman–Crippen LogP) is 6.85. The molecular formula is C45H60N4O10. The molecule has 0 saturated heterocycles. The minimum Gasteiger partial charge on any atom is -0.508 e. The highest BCUT2D eigenvalue weighted by Crippen LogP contribution is 2.42. The number of aromatic hydroxyl groups is 1. The number of rotatable bonds is 24. The van der Waals surface area contributed by atoms with E-state index in [1.807, 2.05) is 6.92 Å². The lowest BCUT2D eigenvalue weighted by Gasteiger charge is -2.35. The molecule has 1 aromatic carbocycles. The number of phenolic OH excluding ortho intramolecular Hbond substituents is 1. The molecule has 5 rings (SSSR count). The van der Waals surface area contributed by atoms with Crippen LogP contribution in [0.2, 0.25) is 0 Å². The van der Waals surface area contributed by atoms with E-state index >= 15 is 0 Å². The molecule has 3 aromatic rings. The second-order valence-corrected chi connectivity index (χ2v) is 15.8. The molecule has 0 fully saturated rings. The molecule has 2 aliphatic rings. The summed E-state index contributed by atoms with van der Waals surface area (Å²) in [6.07, 6.45) is 15.5. The lowest BCUT2D eigenvalue weighted by Crippen LogP contribution is -2.48. The number of nitrogens with zero attached hydrogens (tertiary/aromatic N) is 2. The summed E-state index contributed by atoms with van der Waals surface area (Å²) in [5.74, 6) is -4.04. The Bertz CT molecular complexity index is 2080. The van der Waals surface area contributed by atoms with Crippen LogP contribution in [0, 0.1) is 0 Å². The number of carboxylic acid groups (broad SMARTS) is 1. The zero-order valence-electron chi connectivity index (χ0n) is 34.8. The Balaban J connectivity index is 1.11. The van der Waals surface area contributed by atoms with Crippen molar-refractivity contribution in [1.82, 2.24) is 20.2 Å². The summed E-state index contributed by atoms with van der Waals surface area (Å²) >= 11 is 0. The first-order chi connectivity index (χ1) is 28.4. The van der Waals surface area contributed by atoms with Crippen LogP contribution in [-0.4, -0.2) is 62.1 Å². The number of aryl methyl sites for hydroxylation is 1. The van der Waals surface area contributed by atoms with Gasteiger partial charge in [0.1, 0.15) is 24.9 Å². The fourth-order valence-corrected chi connectivity index (χ4v) is 8.30. The van der Waals surface area contributed by atoms with Crippen LogP contribution in [0.25, 0.3) is 22.3 Å². The van der Waals surface area contributed by atoms with E-state index in [1.165, 1.54) is 63.9 Å². The van der Waals surface area contributed by atoms with Crippen molar-refractivity contribution >= 4 is 40.6 Å². The fourth-order valence-electron chi connectivity index (χ4n) is 8.30. The molecule has 0 radical (unpaired) electrons. The Morgan fingerprint density at radius 3 is 2.17 bits per heavy atom. The van der Waals surface area contributed by atoms with Crippen molar-refractivity contribution in [3.8, 4) is 17.1 Å². The summed E-state index contributed by atoms with van der Waals surface area (Å²) in [5, 5.41) is 25.5. The first-order valence-corrected chi connectivity index (χ1v) is 21.5. The summed E-state index contributed by atoms with van der Waals surface area (Å²) in [4.78, 5) is 82.6. The third-order valence-electron chi connectivity index (χ3n) is 11.6. The molecular weight excluding hydrogens is 757 g/mol. The summed E-state index contributed by atoms with van der Waals surface area (Å²) in [5.41, 5.74) is 1.34. The lowest BCUT2D eigenvalue weighted by molar-refractivity contribution is -0.189. The maximum absolute atomic E-state index is 14.0. The molecule has 14 nitrogen and oxygen atoms in total. The number of nitrogens with one attached hydrogen (secondary N) is 2. The third-order valence-corrected chi connectivity index (χ3v) is 11.6. The number of carboxylic acids is 1. The van der Waals surface area contributed by atoms with Gasteiger partial charge in [-0.15, -0.1) is 0 Å². The van der Waals surface area contributed by atoms with Gasteiger partial charge in [0.25, 0.3) is 5.56 Å². The second-order valence-electron chi connectivity index (χ2n) is 15.8. The van der Waals surface area contributed by atoms with E-state index in [2.05, 4.69) is 17.6 Å². The summed E-state index contributed by atoms with van der Waals surface area (Å²) < 4.78 is 12.8. The maximum atomic E-state index is 14.0. The molecule has 2 aromatic heterocycles. The first kappa shape index (κ1) is 44.8. The number of aliphatic carboxylic acids is 1. The average molecular weight is 817 g/mol. The monoisotopic (exact) mass is 816 g/mol. The van der Waals surface area contributed by atoms with Crippen molar-refractivity contribution in [3.63, 3.8) is 0 Å². The number of pyridine rings is 2. The van der Waals surface area contributed by atoms with E-state index in [-0.39, 0.29) is 55.7 Å². The normalized spacial score (nSPS) is 15.8. The number of unbranched alkanes of at least 4 members (excludes halogenated alkanes) is 12. The van der Waals surface area contributed by atoms with Crippen LogP contribution >= 0.6 is 0 Å². The number of hydrogen-bond donors (Lipinski definition) is 4. The number of carbonyl (C=O) groups excluding carboxylic acids is 4. The number of benzene rings is 1. The highest BCUT2D eigenvalue weighted by Gasteiger charge is 2.50. The van der Waals surface area contributed by atoms with Crippen molar-refractivity contribution < 1.29 is 43.7 Å². The number of carbonyl (C=O) groups is 5. The number of hydrogen-bond acceptors (Lipinski definition) is 10. The van der Waals surface area contributed by atoms with Gasteiger partial charge in [-0.3, -0.25) is 19.2 Å². The Morgan fingerprint density at radius 2 is 1.54 bits per heavy atom. The molecule has 14 heteroatoms. The van der Waals surface area contributed by atoms with Crippen LogP contribution in [0.1, 0.15) is 152 Å². The smallest absolute Gasteiger partial charge is 0.355 e. The predicted molar refractivity (Wildman–Crippen MR) is 222 cm³/mol. The van der Waals surface area contributed by atoms with Crippen molar-refractivity contribution in [1.29, 1.82) is 0 Å². The van der Waals surface area contributed by atoms with Crippen molar-refractivity contribution in [3.05, 3.63) is 56.9 Å². The van der Waals surface area contributed by atoms with Crippen LogP contribution < -0.4 is 16.2 Å². The van der Waals surface area contributed by atoms with E-state index in [1.54, 1.807) is 29.7 Å². The third kappa shape index (κ3) is 10.9. The van der Waals surface area contributed by atoms with E-state index in [0.717, 1.165) is 35.8 Å². The lowest BCUT2D eigenvalue weighted by atomic mass is 9.85. The molecule has 2 aliphatic heterocycles. The van der Waals surface area contributed by atoms with Gasteiger partial charge in [-0.2, -0.15) is 0 Å². The second kappa shape index (κ2) is 21.1. The zero-order chi connectivity index (χ0) is 42.5. The molecule has 0 spiro atoms. The van der Waals surface area contributed by atoms with Gasteiger partial charge < -0.3 is 34.9 Å². The summed E-state index contributed by atoms with van der Waals surface area (Å²) in [7, 11) is 0. The van der Waals surface area contributed by atoms with Gasteiger partial charge in [0.15, 0.2) is 0 Å². The number of aromatic nitrogens is 2. The Hall–Kier alpha value is -5.27. The minimum absolute atomic E-state index is 0.0712. The van der Waals surface area contributed by atoms with Gasteiger partial charge >= 0.3 is 17.9 Å². The van der Waals surface area contributed by atoms with Gasteiger partial charge in [0.2, 0.25) is 17.4 Å². The van der Waals surface area contributed by atoms with Crippen LogP contribution in [-0.2, 0) is 58.6 Å². The molecule has 0 bridgehead atoms. The van der Waals surface area contributed by atoms with Crippen LogP contribution in [0.4, 0.5) is 0 Å². The van der Waals surface area contributed by atoms with Crippen molar-refractivity contribution in [2.75, 3.05) is 6.54 Å². The first-order valence-electron chi connectivity index (χ1n) is 21.5. The molecule has 2 atom stereocenters. The van der Waals surface area contributed by atoms with E-state index in [0.29, 0.717) is 29.7 Å². The number of fused-ring (bicyclic) bond motifs is 5. The summed E-state index contributed by atoms with van der Waals surface area (Å²) in [6, 6.07) is 5.26. The number of ether oxygens (including phenoxy) is 2. The van der Waals surface area contributed by atoms with Gasteiger partial charge in [-0.25, -0.2) is 14.6 Å². The number of amides is 2. The minimum atomic E-state index is -1.98. The molecule has 0 aliphatic carbocycles. The average Bonchev–Trinajstić information content (AvgIpc) is 3.58. The highest BCUT2D eigenvalue weighted by atomic mass is 16.6. The van der Waals surface area contributed by atoms with E-state index in [4.69, 9.17) is 14.5 Å². The molecule has 0 unspecified atom stereocenters. The number of esters is 2. The van der Waals surface area contributed by atoms with Gasteiger partial charge in [-0.05, 0) is 55.5 Å². The topological polar surface area (TPSA) is 203 Å². The number of phenols is 1. The quantitative estimate of drug-likeness (QED) is 0.0426. The maximum Gasteiger partial charge on any atom is 0.355 e. The fraction of sp³-hybridized carbons (Fsp3) is 0.578. The van der Waals surface area contributed by atoms with E-state index < -0.39 is 53.5 Å². The van der Waals surface area contributed by atoms with Gasteiger partial charge in [-0.1, -0.05) is 97.8 Å². The van der Waals surface area contributed by atoms with Crippen LogP contribution in [0.15, 0.2) is 29.1 Å². The molecule has 2 amide bonds. The van der Waals surface area contributed by atoms with Crippen molar-refractivity contribution in [2.24, 2.45) is 0 Å². The Morgan fingerprint density at radius 1 is 0.881 bits per heavy atom. The summed E-state index contributed by atoms with van der Waals surface area (Å²) in [6.45, 7) is 5.09. The molecule has 320 valence electrons. The van der Waals surface area contributed by atoms with Gasteiger partial charge in [0, 0.05) is 29.4 Å². The molecule has 4 heterocycles. The Labute approximate surface area is 345 Å². The van der Waals surface area contributed by atoms with Crippen molar-refractivity contribution in [2.45, 2.75) is 161 Å². The Kier molecular flexibility index (Phi) is 16.0. The molecule has 0 saturated carbocycles. The van der Waals surface area contributed by atoms with Gasteiger partial charge in [0.05, 0.1) is 29.0 Å². The molecule has 4 N–H and O–H groups in total. The number of cyclic esters (lactones) is 1. The SMILES string of the molecule is CCCCCCCCCCCCCCCC(=O)N[C@@H](CCC(=O)NCC(=O)O[C@]1(CC)C(=O)OCc2c1cc1n(c2=O)Cc2c-1nc1ccc(O)cc1c2CC)C(=O)O. The standard InChI is InChI=1S/C45H60N4O10/c1-4-7-8-9-10-11-12-13-14-15-16-17-18-19-39(52)47-36(43(55)56)22-23-38(51)46-26-40(53)59-45(6-3)34-25-37-41-32(27-49(37)42(54)33(34)28-58-44(45)57)30(5-2)31-24-29(50)20-21-35(31)48-41/h20-21,24-25,36,50H,4-19,22-23,26-28H2,1-3H3,(H,46,51)(H,47,52)(H,55,56)/t36-,45-/m0/s1. The van der Waals surface area contributed by atoms with Crippen LogP contribution in [0.3, 0.4) is 0 Å². The zero-order valence-corrected chi connectivity index (χ0v) is 34.8. The molecule has 59 heavy (non-hydrogen) atoms.